The zero-order valence-corrected chi connectivity index (χ0v) is 22.6. The van der Waals surface area contributed by atoms with Crippen molar-refractivity contribution in [2.75, 3.05) is 32.5 Å². The van der Waals surface area contributed by atoms with Gasteiger partial charge in [0.2, 0.25) is 5.78 Å². The summed E-state index contributed by atoms with van der Waals surface area (Å²) in [6, 6.07) is -0.00543. The van der Waals surface area contributed by atoms with Crippen molar-refractivity contribution in [3.63, 3.8) is 0 Å². The summed E-state index contributed by atoms with van der Waals surface area (Å²) in [7, 11) is 3.08. The van der Waals surface area contributed by atoms with Crippen LogP contribution in [-0.2, 0) is 16.0 Å². The van der Waals surface area contributed by atoms with E-state index in [4.69, 9.17) is 5.73 Å². The number of aliphatic hydroxyl groups excluding tert-OH is 2. The molecule has 3 aliphatic rings. The van der Waals surface area contributed by atoms with Gasteiger partial charge in [-0.3, -0.25) is 19.3 Å². The zero-order valence-electron chi connectivity index (χ0n) is 22.6. The molecule has 1 amide bonds. The van der Waals surface area contributed by atoms with Gasteiger partial charge in [0, 0.05) is 41.7 Å². The molecule has 0 heterocycles. The Balaban J connectivity index is 1.80. The molecule has 0 unspecified atom stereocenters. The second kappa shape index (κ2) is 9.61. The van der Waals surface area contributed by atoms with Crippen LogP contribution in [-0.4, -0.2) is 87.2 Å². The molecule has 4 atom stereocenters. The van der Waals surface area contributed by atoms with E-state index in [-0.39, 0.29) is 40.8 Å². The number of ketones is 2. The Morgan fingerprint density at radius 3 is 2.41 bits per heavy atom. The lowest BCUT2D eigenvalue weighted by molar-refractivity contribution is -0.148. The Morgan fingerprint density at radius 1 is 1.21 bits per heavy atom. The third-order valence-electron chi connectivity index (χ3n) is 7.76. The molecule has 39 heavy (non-hydrogen) atoms. The Kier molecular flexibility index (Phi) is 7.03. The van der Waals surface area contributed by atoms with E-state index < -0.39 is 69.6 Å². The molecule has 11 nitrogen and oxygen atoms in total. The second-order valence-corrected chi connectivity index (χ2v) is 11.7. The minimum absolute atomic E-state index is 0.0217. The third kappa shape index (κ3) is 4.46. The van der Waals surface area contributed by atoms with Gasteiger partial charge in [-0.25, -0.2) is 4.39 Å². The smallest absolute Gasteiger partial charge is 0.255 e. The fraction of sp³-hybridized carbons (Fsp3) is 0.519. The Bertz CT molecular complexity index is 1330. The fourth-order valence-electron chi connectivity index (χ4n) is 6.04. The number of rotatable bonds is 6. The molecule has 4 rings (SSSR count). The van der Waals surface area contributed by atoms with Gasteiger partial charge in [0.05, 0.1) is 17.3 Å². The number of carbonyl (C=O) groups excluding carboxylic acids is 3. The van der Waals surface area contributed by atoms with Gasteiger partial charge in [-0.05, 0) is 53.6 Å². The molecule has 0 bridgehead atoms. The van der Waals surface area contributed by atoms with E-state index in [9.17, 15) is 34.8 Å². The monoisotopic (exact) mass is 546 g/mol. The summed E-state index contributed by atoms with van der Waals surface area (Å²) in [6.07, 6.45) is -0.218. The standard InChI is InChI=1S/C27H35FN4O7/c1-26(2,3)31-7-6-30-15-10-14(28)12-8-11-9-13-19(32(4)5)22(35)18(25(29)38)24(37)27(13,39)23(36)16(11)21(34)17(12)20(15)33/h10-11,13,19,30-31,33,35-36,39H,6-9H2,1-5H3,(H2,29,38)/t11-,13-,19-,27-/m0/s1. The highest BCUT2D eigenvalue weighted by Crippen LogP contribution is 2.53. The zero-order chi connectivity index (χ0) is 29.2. The molecule has 0 spiro atoms. The predicted molar refractivity (Wildman–Crippen MR) is 140 cm³/mol. The van der Waals surface area contributed by atoms with Gasteiger partial charge >= 0.3 is 0 Å². The summed E-state index contributed by atoms with van der Waals surface area (Å²) < 4.78 is 15.3. The Labute approximate surface area is 225 Å². The molecule has 3 aliphatic carbocycles. The van der Waals surface area contributed by atoms with Crippen molar-refractivity contribution in [3.8, 4) is 5.75 Å². The normalized spacial score (nSPS) is 26.9. The number of amides is 1. The van der Waals surface area contributed by atoms with E-state index in [2.05, 4.69) is 10.6 Å². The summed E-state index contributed by atoms with van der Waals surface area (Å²) in [5, 5.41) is 50.8. The van der Waals surface area contributed by atoms with Gasteiger partial charge in [0.1, 0.15) is 28.7 Å². The number of anilines is 1. The molecular formula is C27H35FN4O7. The van der Waals surface area contributed by atoms with Crippen molar-refractivity contribution in [1.29, 1.82) is 0 Å². The maximum Gasteiger partial charge on any atom is 0.255 e. The van der Waals surface area contributed by atoms with Crippen molar-refractivity contribution in [3.05, 3.63) is 45.7 Å². The molecule has 1 aromatic rings. The number of halogens is 1. The van der Waals surface area contributed by atoms with Crippen molar-refractivity contribution in [1.82, 2.24) is 10.2 Å². The number of nitrogens with one attached hydrogen (secondary N) is 2. The van der Waals surface area contributed by atoms with Crippen molar-refractivity contribution < 1.29 is 39.2 Å². The third-order valence-corrected chi connectivity index (χ3v) is 7.76. The average molecular weight is 547 g/mol. The number of carbonyl (C=O) groups is 3. The summed E-state index contributed by atoms with van der Waals surface area (Å²) in [4.78, 5) is 40.5. The molecule has 212 valence electrons. The Morgan fingerprint density at radius 2 is 1.85 bits per heavy atom. The van der Waals surface area contributed by atoms with Crippen molar-refractivity contribution >= 4 is 23.2 Å². The van der Waals surface area contributed by atoms with Crippen LogP contribution in [0.2, 0.25) is 0 Å². The number of benzene rings is 1. The van der Waals surface area contributed by atoms with Crippen LogP contribution in [0.15, 0.2) is 28.7 Å². The quantitative estimate of drug-likeness (QED) is 0.155. The second-order valence-electron chi connectivity index (χ2n) is 11.7. The van der Waals surface area contributed by atoms with Gasteiger partial charge in [-0.15, -0.1) is 0 Å². The van der Waals surface area contributed by atoms with Crippen LogP contribution in [0, 0.1) is 17.7 Å². The van der Waals surface area contributed by atoms with Crippen LogP contribution in [0.25, 0.3) is 0 Å². The number of fused-ring (bicyclic) bond motifs is 3. The van der Waals surface area contributed by atoms with Crippen molar-refractivity contribution in [2.45, 2.75) is 50.8 Å². The molecule has 0 aromatic heterocycles. The van der Waals surface area contributed by atoms with E-state index in [1.54, 1.807) is 0 Å². The number of hydrogen-bond acceptors (Lipinski definition) is 10. The number of nitrogens with two attached hydrogens (primary N) is 1. The van der Waals surface area contributed by atoms with Gasteiger partial charge in [0.15, 0.2) is 11.4 Å². The highest BCUT2D eigenvalue weighted by Gasteiger charge is 2.63. The fourth-order valence-corrected chi connectivity index (χ4v) is 6.04. The molecule has 1 aromatic carbocycles. The number of allylic oxidation sites excluding steroid dienone is 1. The highest BCUT2D eigenvalue weighted by molar-refractivity contribution is 6.24. The number of phenols is 1. The van der Waals surface area contributed by atoms with Crippen molar-refractivity contribution in [2.24, 2.45) is 17.6 Å². The molecule has 0 fully saturated rings. The number of phenolic OH excluding ortho intramolecular Hbond substituents is 1. The molecule has 8 N–H and O–H groups in total. The number of Topliss-reactive ketones (excluding diaryl/α,β-unsaturated/α-hetero) is 2. The number of aliphatic hydroxyl groups is 3. The minimum atomic E-state index is -2.74. The van der Waals surface area contributed by atoms with Crippen LogP contribution in [0.4, 0.5) is 10.1 Å². The summed E-state index contributed by atoms with van der Waals surface area (Å²) in [5.41, 5.74) is 0.755. The number of hydrogen-bond donors (Lipinski definition) is 7. The predicted octanol–water partition coefficient (Wildman–Crippen LogP) is 1.06. The van der Waals surface area contributed by atoms with E-state index in [1.807, 2.05) is 20.8 Å². The number of nitrogens with zero attached hydrogens (tertiary/aromatic N) is 1. The summed E-state index contributed by atoms with van der Waals surface area (Å²) in [6.45, 7) is 6.71. The van der Waals surface area contributed by atoms with Gasteiger partial charge in [0.25, 0.3) is 5.91 Å². The summed E-state index contributed by atoms with van der Waals surface area (Å²) >= 11 is 0. The first-order chi connectivity index (χ1) is 18.0. The number of aromatic hydroxyl groups is 1. The number of likely N-dealkylation sites (N-methyl/N-ethyl adjacent to an activating group) is 1. The SMILES string of the molecule is CN(C)[C@@H]1C(O)=C(C(N)=O)C(=O)[C@@]2(O)C(O)=C3C(=O)c4c(O)c(NCCNC(C)(C)C)cc(F)c4C[C@H]3C[C@@H]12. The molecule has 0 radical (unpaired) electrons. The maximum atomic E-state index is 15.3. The average Bonchev–Trinajstić information content (AvgIpc) is 2.81. The Hall–Kier alpha value is -3.48. The minimum Gasteiger partial charge on any atom is -0.510 e. The lowest BCUT2D eigenvalue weighted by Crippen LogP contribution is -2.63. The lowest BCUT2D eigenvalue weighted by Gasteiger charge is -2.50. The molecule has 0 saturated carbocycles. The topological polar surface area (TPSA) is 185 Å². The van der Waals surface area contributed by atoms with Crippen LogP contribution in [0.1, 0.15) is 43.1 Å². The lowest BCUT2D eigenvalue weighted by atomic mass is 9.58. The first-order valence-electron chi connectivity index (χ1n) is 12.7. The van der Waals surface area contributed by atoms with Crippen LogP contribution in [0.5, 0.6) is 5.75 Å². The van der Waals surface area contributed by atoms with Crippen LogP contribution >= 0.6 is 0 Å². The van der Waals surface area contributed by atoms with Gasteiger partial charge < -0.3 is 36.8 Å². The van der Waals surface area contributed by atoms with Gasteiger partial charge in [-0.2, -0.15) is 0 Å². The maximum absolute atomic E-state index is 15.3. The summed E-state index contributed by atoms with van der Waals surface area (Å²) in [5.74, 6) is -8.46. The van der Waals surface area contributed by atoms with Gasteiger partial charge in [-0.1, -0.05) is 0 Å². The molecular weight excluding hydrogens is 511 g/mol. The van der Waals surface area contributed by atoms with Crippen LogP contribution in [0.3, 0.4) is 0 Å². The first kappa shape index (κ1) is 28.5. The van der Waals surface area contributed by atoms with Crippen LogP contribution < -0.4 is 16.4 Å². The largest absolute Gasteiger partial charge is 0.510 e. The number of primary amides is 1. The van der Waals surface area contributed by atoms with E-state index >= 15 is 4.39 Å². The van der Waals surface area contributed by atoms with E-state index in [0.717, 1.165) is 6.07 Å². The molecule has 0 saturated heterocycles. The molecule has 0 aliphatic heterocycles. The van der Waals surface area contributed by atoms with E-state index in [0.29, 0.717) is 13.1 Å². The first-order valence-corrected chi connectivity index (χ1v) is 12.7. The highest BCUT2D eigenvalue weighted by atomic mass is 19.1. The molecule has 12 heteroatoms. The van der Waals surface area contributed by atoms with E-state index in [1.165, 1.54) is 19.0 Å².